The van der Waals surface area contributed by atoms with Crippen molar-refractivity contribution in [1.29, 1.82) is 0 Å². The number of nitrogen functional groups attached to an aromatic ring is 1. The molecule has 5 N–H and O–H groups in total. The summed E-state index contributed by atoms with van der Waals surface area (Å²) in [5.41, 5.74) is 6.90. The van der Waals surface area contributed by atoms with E-state index < -0.39 is 24.5 Å². The summed E-state index contributed by atoms with van der Waals surface area (Å²) < 4.78 is 7.91. The van der Waals surface area contributed by atoms with Crippen molar-refractivity contribution in [1.82, 2.24) is 24.8 Å². The van der Waals surface area contributed by atoms with Gasteiger partial charge < -0.3 is 35.5 Å². The van der Waals surface area contributed by atoms with E-state index in [0.29, 0.717) is 28.8 Å². The predicted octanol–water partition coefficient (Wildman–Crippen LogP) is 0.0983. The number of hydrogen-bond acceptors (Lipinski definition) is 8. The van der Waals surface area contributed by atoms with Crippen LogP contribution in [0.15, 0.2) is 18.6 Å². The molecule has 3 aliphatic heterocycles. The topological polar surface area (TPSA) is 122 Å². The minimum absolute atomic E-state index is 0.385. The summed E-state index contributed by atoms with van der Waals surface area (Å²) in [6.07, 6.45) is 4.95. The largest absolute Gasteiger partial charge is 0.387 e. The van der Waals surface area contributed by atoms with Crippen LogP contribution >= 0.6 is 0 Å². The molecule has 5 rings (SSSR count). The van der Waals surface area contributed by atoms with Gasteiger partial charge in [-0.05, 0) is 56.8 Å². The smallest absolute Gasteiger partial charge is 0.164 e. The van der Waals surface area contributed by atoms with Crippen LogP contribution in [0.1, 0.15) is 31.9 Å². The van der Waals surface area contributed by atoms with Crippen molar-refractivity contribution in [3.05, 3.63) is 18.6 Å². The Morgan fingerprint density at radius 3 is 2.86 bits per heavy atom. The van der Waals surface area contributed by atoms with Crippen LogP contribution in [-0.2, 0) is 4.74 Å². The summed E-state index contributed by atoms with van der Waals surface area (Å²) in [4.78, 5) is 10.7. The number of likely N-dealkylation sites (tertiary alicyclic amines) is 1. The maximum Gasteiger partial charge on any atom is 0.164 e. The minimum Gasteiger partial charge on any atom is -0.387 e. The second kappa shape index (κ2) is 7.48. The molecule has 5 heterocycles. The molecule has 4 atom stereocenters. The Morgan fingerprint density at radius 1 is 1.21 bits per heavy atom. The van der Waals surface area contributed by atoms with E-state index in [0.717, 1.165) is 26.2 Å². The van der Waals surface area contributed by atoms with Crippen LogP contribution in [0.4, 0.5) is 5.82 Å². The zero-order valence-electron chi connectivity index (χ0n) is 16.6. The lowest BCUT2D eigenvalue weighted by molar-refractivity contribution is -0.0537. The molecule has 29 heavy (non-hydrogen) atoms. The van der Waals surface area contributed by atoms with Gasteiger partial charge in [0.1, 0.15) is 36.1 Å². The molecule has 0 aliphatic carbocycles. The zero-order chi connectivity index (χ0) is 20.0. The van der Waals surface area contributed by atoms with E-state index in [4.69, 9.17) is 10.5 Å². The van der Waals surface area contributed by atoms with E-state index in [1.165, 1.54) is 32.0 Å². The second-order valence-electron chi connectivity index (χ2n) is 8.85. The van der Waals surface area contributed by atoms with Gasteiger partial charge in [-0.15, -0.1) is 0 Å². The van der Waals surface area contributed by atoms with Gasteiger partial charge in [0.2, 0.25) is 0 Å². The zero-order valence-corrected chi connectivity index (χ0v) is 16.6. The van der Waals surface area contributed by atoms with E-state index >= 15 is 0 Å². The van der Waals surface area contributed by atoms with Crippen molar-refractivity contribution < 1.29 is 14.9 Å². The molecular weight excluding hydrogens is 372 g/mol. The molecule has 0 saturated carbocycles. The first-order chi connectivity index (χ1) is 14.1. The Hall–Kier alpha value is -1.78. The molecule has 9 nitrogen and oxygen atoms in total. The number of ether oxygens (including phenoxy) is 1. The van der Waals surface area contributed by atoms with Gasteiger partial charge in [0, 0.05) is 19.3 Å². The van der Waals surface area contributed by atoms with Gasteiger partial charge in [0.25, 0.3) is 0 Å². The second-order valence-corrected chi connectivity index (χ2v) is 8.85. The number of nitrogens with one attached hydrogen (secondary N) is 1. The molecule has 0 unspecified atom stereocenters. The summed E-state index contributed by atoms with van der Waals surface area (Å²) in [7, 11) is 0. The number of rotatable bonds is 3. The van der Waals surface area contributed by atoms with Crippen molar-refractivity contribution in [2.24, 2.45) is 5.41 Å². The van der Waals surface area contributed by atoms with Gasteiger partial charge in [0.05, 0.1) is 5.39 Å². The number of hydrogen-bond donors (Lipinski definition) is 4. The van der Waals surface area contributed by atoms with E-state index in [-0.39, 0.29) is 0 Å². The average molecular weight is 402 g/mol. The van der Waals surface area contributed by atoms with Gasteiger partial charge in [-0.25, -0.2) is 9.97 Å². The number of aromatic nitrogens is 3. The average Bonchev–Trinajstić information content (AvgIpc) is 3.26. The lowest BCUT2D eigenvalue weighted by Gasteiger charge is -2.46. The Labute approximate surface area is 169 Å². The highest BCUT2D eigenvalue weighted by molar-refractivity contribution is 5.86. The van der Waals surface area contributed by atoms with Gasteiger partial charge in [-0.1, -0.05) is 0 Å². The molecule has 3 fully saturated rings. The number of nitrogens with two attached hydrogens (primary N) is 1. The molecule has 158 valence electrons. The minimum atomic E-state index is -1.02. The third kappa shape index (κ3) is 3.40. The number of nitrogens with zero attached hydrogens (tertiary/aromatic N) is 4. The summed E-state index contributed by atoms with van der Waals surface area (Å²) in [5, 5.41) is 25.6. The van der Waals surface area contributed by atoms with Crippen LogP contribution < -0.4 is 11.1 Å². The highest BCUT2D eigenvalue weighted by Crippen LogP contribution is 2.39. The molecular formula is C20H30N6O3. The third-order valence-corrected chi connectivity index (χ3v) is 6.99. The molecule has 2 aromatic heterocycles. The van der Waals surface area contributed by atoms with Crippen LogP contribution in [-0.4, -0.2) is 80.7 Å². The first-order valence-corrected chi connectivity index (χ1v) is 10.6. The molecule has 0 aromatic carbocycles. The number of fused-ring (bicyclic) bond motifs is 1. The monoisotopic (exact) mass is 402 g/mol. The predicted molar refractivity (Wildman–Crippen MR) is 108 cm³/mol. The molecule has 9 heteroatoms. The van der Waals surface area contributed by atoms with Crippen molar-refractivity contribution in [3.8, 4) is 0 Å². The summed E-state index contributed by atoms with van der Waals surface area (Å²) in [6.45, 7) is 4.85. The Bertz CT molecular complexity index is 862. The summed E-state index contributed by atoms with van der Waals surface area (Å²) in [6, 6.07) is 1.81. The molecule has 3 saturated heterocycles. The van der Waals surface area contributed by atoms with Crippen molar-refractivity contribution in [2.75, 3.05) is 38.5 Å². The fourth-order valence-corrected chi connectivity index (χ4v) is 5.39. The van der Waals surface area contributed by atoms with Gasteiger partial charge in [-0.2, -0.15) is 0 Å². The first kappa shape index (κ1) is 19.2. The maximum atomic E-state index is 10.7. The maximum absolute atomic E-state index is 10.7. The molecule has 0 radical (unpaired) electrons. The number of piperidine rings is 2. The molecule has 2 aromatic rings. The SMILES string of the molecule is Nc1ncnc2c1ccn2[C@@H]1O[C@H](CN2CCCC3(CCNCC3)C2)[C@@H](O)[C@H]1O. The highest BCUT2D eigenvalue weighted by Gasteiger charge is 2.46. The standard InChI is InChI=1S/C20H30N6O3/c21-17-13-2-9-26(18(13)24-12-23-17)19-16(28)15(27)14(29-19)10-25-8-1-3-20(11-25)4-6-22-7-5-20/h2,9,12,14-16,19,22,27-28H,1,3-8,10-11H2,(H2,21,23,24)/t14-,15-,16-,19-/m1/s1. The number of aliphatic hydroxyl groups is 2. The summed E-state index contributed by atoms with van der Waals surface area (Å²) >= 11 is 0. The molecule has 1 spiro atoms. The normalized spacial score (nSPS) is 32.9. The molecule has 0 amide bonds. The van der Waals surface area contributed by atoms with Gasteiger partial charge in [0.15, 0.2) is 6.23 Å². The third-order valence-electron chi connectivity index (χ3n) is 6.99. The van der Waals surface area contributed by atoms with E-state index in [1.807, 2.05) is 6.07 Å². The Balaban J connectivity index is 1.31. The lowest BCUT2D eigenvalue weighted by atomic mass is 9.73. The fourth-order valence-electron chi connectivity index (χ4n) is 5.39. The summed E-state index contributed by atoms with van der Waals surface area (Å²) in [5.74, 6) is 0.388. The van der Waals surface area contributed by atoms with Crippen LogP contribution in [0.3, 0.4) is 0 Å². The van der Waals surface area contributed by atoms with E-state index in [1.54, 1.807) is 10.8 Å². The lowest BCUT2D eigenvalue weighted by Crippen LogP contribution is -2.51. The van der Waals surface area contributed by atoms with E-state index in [9.17, 15) is 10.2 Å². The fraction of sp³-hybridized carbons (Fsp3) is 0.700. The first-order valence-electron chi connectivity index (χ1n) is 10.6. The Morgan fingerprint density at radius 2 is 2.03 bits per heavy atom. The van der Waals surface area contributed by atoms with Crippen molar-refractivity contribution in [3.63, 3.8) is 0 Å². The van der Waals surface area contributed by atoms with Gasteiger partial charge in [-0.3, -0.25) is 0 Å². The quantitative estimate of drug-likeness (QED) is 0.570. The highest BCUT2D eigenvalue weighted by atomic mass is 16.6. The van der Waals surface area contributed by atoms with Gasteiger partial charge >= 0.3 is 0 Å². The molecule has 3 aliphatic rings. The van der Waals surface area contributed by atoms with Crippen molar-refractivity contribution in [2.45, 2.75) is 50.2 Å². The van der Waals surface area contributed by atoms with Crippen LogP contribution in [0.5, 0.6) is 0 Å². The number of anilines is 1. The Kier molecular flexibility index (Phi) is 4.95. The number of aliphatic hydroxyl groups excluding tert-OH is 2. The van der Waals surface area contributed by atoms with Crippen molar-refractivity contribution >= 4 is 16.9 Å². The van der Waals surface area contributed by atoms with Crippen LogP contribution in [0, 0.1) is 5.41 Å². The van der Waals surface area contributed by atoms with Crippen LogP contribution in [0.25, 0.3) is 11.0 Å². The molecule has 0 bridgehead atoms. The van der Waals surface area contributed by atoms with E-state index in [2.05, 4.69) is 20.2 Å². The van der Waals surface area contributed by atoms with Crippen LogP contribution in [0.2, 0.25) is 0 Å².